The van der Waals surface area contributed by atoms with Gasteiger partial charge >= 0.3 is 11.9 Å². The molecule has 1 saturated heterocycles. The second kappa shape index (κ2) is 6.58. The van der Waals surface area contributed by atoms with E-state index < -0.39 is 11.6 Å². The number of hydrogen-bond donors (Lipinski definition) is 0. The van der Waals surface area contributed by atoms with Gasteiger partial charge < -0.3 is 18.6 Å². The molecule has 4 atom stereocenters. The number of ether oxygens (including phenoxy) is 3. The minimum absolute atomic E-state index is 0.0519. The van der Waals surface area contributed by atoms with Gasteiger partial charge in [-0.2, -0.15) is 0 Å². The number of cyclic esters (lactones) is 1. The van der Waals surface area contributed by atoms with Crippen molar-refractivity contribution >= 4 is 11.9 Å². The molecule has 6 nitrogen and oxygen atoms in total. The molecule has 140 valence electrons. The van der Waals surface area contributed by atoms with Crippen molar-refractivity contribution in [1.29, 1.82) is 0 Å². The number of fused-ring (bicyclic) bond motifs is 2. The Morgan fingerprint density at radius 1 is 1.42 bits per heavy atom. The van der Waals surface area contributed by atoms with E-state index >= 15 is 0 Å². The fourth-order valence-corrected chi connectivity index (χ4v) is 4.41. The molecule has 26 heavy (non-hydrogen) atoms. The third-order valence-corrected chi connectivity index (χ3v) is 5.92. The lowest BCUT2D eigenvalue weighted by atomic mass is 9.63. The van der Waals surface area contributed by atoms with Crippen LogP contribution in [0.2, 0.25) is 0 Å². The molecule has 1 saturated carbocycles. The number of esters is 2. The zero-order valence-corrected chi connectivity index (χ0v) is 15.1. The van der Waals surface area contributed by atoms with Crippen molar-refractivity contribution < 1.29 is 28.2 Å². The summed E-state index contributed by atoms with van der Waals surface area (Å²) in [6.45, 7) is 4.93. The van der Waals surface area contributed by atoms with Gasteiger partial charge in [0.1, 0.15) is 24.6 Å². The summed E-state index contributed by atoms with van der Waals surface area (Å²) < 4.78 is 21.6. The Hall–Kier alpha value is -2.08. The maximum atomic E-state index is 12.7. The number of allylic oxidation sites excluding steroid dienone is 1. The van der Waals surface area contributed by atoms with E-state index in [1.807, 2.05) is 6.08 Å². The van der Waals surface area contributed by atoms with Gasteiger partial charge in [-0.05, 0) is 42.7 Å². The normalized spacial score (nSPS) is 33.3. The molecule has 2 fully saturated rings. The number of carbonyl (C=O) groups excluding carboxylic acids is 2. The van der Waals surface area contributed by atoms with Gasteiger partial charge in [-0.25, -0.2) is 4.79 Å². The summed E-state index contributed by atoms with van der Waals surface area (Å²) in [6, 6.07) is 3.49. The minimum atomic E-state index is -0.464. The maximum absolute atomic E-state index is 12.7. The molecule has 3 aliphatic rings. The van der Waals surface area contributed by atoms with E-state index in [9.17, 15) is 9.59 Å². The van der Waals surface area contributed by atoms with Gasteiger partial charge in [0, 0.05) is 0 Å². The zero-order valence-electron chi connectivity index (χ0n) is 15.1. The topological polar surface area (TPSA) is 78.3 Å². The van der Waals surface area contributed by atoms with Crippen LogP contribution in [0.25, 0.3) is 0 Å². The van der Waals surface area contributed by atoms with E-state index in [1.165, 1.54) is 6.26 Å². The molecule has 0 N–H and O–H groups in total. The van der Waals surface area contributed by atoms with Crippen LogP contribution in [0.15, 0.2) is 34.5 Å². The average molecular weight is 360 g/mol. The van der Waals surface area contributed by atoms with E-state index in [1.54, 1.807) is 12.1 Å². The predicted molar refractivity (Wildman–Crippen MR) is 90.8 cm³/mol. The van der Waals surface area contributed by atoms with Crippen LogP contribution in [-0.2, 0) is 30.4 Å². The first kappa shape index (κ1) is 17.3. The summed E-state index contributed by atoms with van der Waals surface area (Å²) in [4.78, 5) is 25.2. The van der Waals surface area contributed by atoms with E-state index in [0.29, 0.717) is 29.8 Å². The van der Waals surface area contributed by atoms with Crippen molar-refractivity contribution in [2.45, 2.75) is 38.9 Å². The summed E-state index contributed by atoms with van der Waals surface area (Å²) >= 11 is 0. The summed E-state index contributed by atoms with van der Waals surface area (Å²) in [5.74, 6) is 0.169. The molecule has 3 heterocycles. The van der Waals surface area contributed by atoms with Gasteiger partial charge in [-0.1, -0.05) is 19.9 Å². The Labute approximate surface area is 152 Å². The molecule has 6 heteroatoms. The van der Waals surface area contributed by atoms with Crippen molar-refractivity contribution in [3.8, 4) is 0 Å². The summed E-state index contributed by atoms with van der Waals surface area (Å²) in [5, 5.41) is 0. The van der Waals surface area contributed by atoms with Gasteiger partial charge in [0.2, 0.25) is 0 Å². The van der Waals surface area contributed by atoms with E-state index in [2.05, 4.69) is 13.8 Å². The van der Waals surface area contributed by atoms with Crippen molar-refractivity contribution in [2.75, 3.05) is 13.2 Å². The van der Waals surface area contributed by atoms with Gasteiger partial charge in [-0.15, -0.1) is 0 Å². The SMILES string of the molecule is CC(C)[C@H]1CC[C@@]2(CO2)[C@H]2C(=O)OCC(C(=O)OCc3ccco3)=C[C@@H]12. The van der Waals surface area contributed by atoms with Crippen molar-refractivity contribution in [2.24, 2.45) is 23.7 Å². The number of epoxide rings is 1. The molecular weight excluding hydrogens is 336 g/mol. The molecule has 1 aromatic rings. The molecule has 0 radical (unpaired) electrons. The number of hydrogen-bond acceptors (Lipinski definition) is 6. The smallest absolute Gasteiger partial charge is 0.337 e. The van der Waals surface area contributed by atoms with Crippen molar-refractivity contribution in [1.82, 2.24) is 0 Å². The zero-order chi connectivity index (χ0) is 18.3. The monoisotopic (exact) mass is 360 g/mol. The van der Waals surface area contributed by atoms with Gasteiger partial charge in [0.25, 0.3) is 0 Å². The summed E-state index contributed by atoms with van der Waals surface area (Å²) in [7, 11) is 0. The Kier molecular flexibility index (Phi) is 4.39. The molecule has 1 aromatic heterocycles. The first-order valence-corrected chi connectivity index (χ1v) is 9.21. The van der Waals surface area contributed by atoms with E-state index in [4.69, 9.17) is 18.6 Å². The molecule has 0 bridgehead atoms. The second-order valence-electron chi connectivity index (χ2n) is 7.81. The van der Waals surface area contributed by atoms with E-state index in [-0.39, 0.29) is 31.0 Å². The van der Waals surface area contributed by atoms with Crippen LogP contribution in [0, 0.1) is 23.7 Å². The summed E-state index contributed by atoms with van der Waals surface area (Å²) in [5.41, 5.74) is 0.0118. The third kappa shape index (κ3) is 3.07. The van der Waals surface area contributed by atoms with Crippen LogP contribution in [0.5, 0.6) is 0 Å². The molecule has 0 aromatic carbocycles. The Bertz CT molecular complexity index is 713. The lowest BCUT2D eigenvalue weighted by Gasteiger charge is -2.40. The van der Waals surface area contributed by atoms with Crippen LogP contribution in [0.1, 0.15) is 32.4 Å². The second-order valence-corrected chi connectivity index (χ2v) is 7.81. The largest absolute Gasteiger partial charge is 0.466 e. The summed E-state index contributed by atoms with van der Waals surface area (Å²) in [6.07, 6.45) is 5.30. The predicted octanol–water partition coefficient (Wildman–Crippen LogP) is 2.87. The Morgan fingerprint density at radius 3 is 2.88 bits per heavy atom. The highest BCUT2D eigenvalue weighted by atomic mass is 16.6. The fraction of sp³-hybridized carbons (Fsp3) is 0.600. The van der Waals surface area contributed by atoms with Gasteiger partial charge in [-0.3, -0.25) is 4.79 Å². The molecule has 0 amide bonds. The average Bonchev–Trinajstić information content (AvgIpc) is 3.22. The number of rotatable bonds is 4. The third-order valence-electron chi connectivity index (χ3n) is 5.92. The molecular formula is C20H24O6. The van der Waals surface area contributed by atoms with Crippen molar-refractivity contribution in [3.63, 3.8) is 0 Å². The molecule has 1 aliphatic carbocycles. The van der Waals surface area contributed by atoms with Gasteiger partial charge in [0.15, 0.2) is 0 Å². The van der Waals surface area contributed by atoms with Crippen molar-refractivity contribution in [3.05, 3.63) is 35.8 Å². The highest BCUT2D eigenvalue weighted by Gasteiger charge is 2.62. The minimum Gasteiger partial charge on any atom is -0.466 e. The fourth-order valence-electron chi connectivity index (χ4n) is 4.41. The number of furan rings is 1. The lowest BCUT2D eigenvalue weighted by Crippen LogP contribution is -2.45. The highest BCUT2D eigenvalue weighted by Crippen LogP contribution is 2.54. The molecule has 2 aliphatic heterocycles. The Balaban J connectivity index is 1.57. The molecule has 1 spiro atoms. The molecule has 0 unspecified atom stereocenters. The van der Waals surface area contributed by atoms with Crippen LogP contribution in [-0.4, -0.2) is 30.8 Å². The van der Waals surface area contributed by atoms with Crippen LogP contribution < -0.4 is 0 Å². The first-order chi connectivity index (χ1) is 12.5. The maximum Gasteiger partial charge on any atom is 0.337 e. The first-order valence-electron chi connectivity index (χ1n) is 9.21. The standard InChI is InChI=1S/C20H24O6/c1-12(2)15-5-6-20(11-26-20)17-16(15)8-13(9-24-19(17)22)18(21)25-10-14-4-3-7-23-14/h3-4,7-8,12,15-17H,5-6,9-11H2,1-2H3/t15-,16+,17-,20-/m1/s1. The van der Waals surface area contributed by atoms with Crippen LogP contribution in [0.4, 0.5) is 0 Å². The Morgan fingerprint density at radius 2 is 2.23 bits per heavy atom. The molecule has 4 rings (SSSR count). The van der Waals surface area contributed by atoms with E-state index in [0.717, 1.165) is 12.8 Å². The lowest BCUT2D eigenvalue weighted by molar-refractivity contribution is -0.154. The quantitative estimate of drug-likeness (QED) is 0.607. The van der Waals surface area contributed by atoms with Crippen LogP contribution >= 0.6 is 0 Å². The highest BCUT2D eigenvalue weighted by molar-refractivity contribution is 5.90. The van der Waals surface area contributed by atoms with Gasteiger partial charge in [0.05, 0.1) is 24.4 Å². The number of carbonyl (C=O) groups is 2. The van der Waals surface area contributed by atoms with Crippen LogP contribution in [0.3, 0.4) is 0 Å².